The first-order valence-corrected chi connectivity index (χ1v) is 11.9. The van der Waals surface area contributed by atoms with Crippen LogP contribution < -0.4 is 10.3 Å². The highest BCUT2D eigenvalue weighted by atomic mass is 32.3. The van der Waals surface area contributed by atoms with Gasteiger partial charge in [-0.05, 0) is 66.2 Å². The van der Waals surface area contributed by atoms with Crippen molar-refractivity contribution in [3.05, 3.63) is 120 Å². The molecule has 0 unspecified atom stereocenters. The molecule has 0 saturated carbocycles. The highest BCUT2D eigenvalue weighted by Gasteiger charge is 2.11. The zero-order valence-electron chi connectivity index (χ0n) is 18.8. The Balaban J connectivity index is 0.000000658. The van der Waals surface area contributed by atoms with E-state index in [9.17, 15) is 4.79 Å². The van der Waals surface area contributed by atoms with Crippen molar-refractivity contribution in [1.82, 2.24) is 0 Å². The molecule has 4 aromatic carbocycles. The quantitative estimate of drug-likeness (QED) is 0.144. The molecule has 0 aliphatic carbocycles. The second-order valence-electron chi connectivity index (χ2n) is 7.30. The highest BCUT2D eigenvalue weighted by molar-refractivity contribution is 7.79. The summed E-state index contributed by atoms with van der Waals surface area (Å²) in [5, 5.41) is 13.2. The zero-order valence-corrected chi connectivity index (χ0v) is 19.7. The Morgan fingerprint density at radius 1 is 0.722 bits per heavy atom. The first-order chi connectivity index (χ1) is 17.2. The summed E-state index contributed by atoms with van der Waals surface area (Å²) < 4.78 is 31.6. The number of nitrogens with one attached hydrogen (secondary N) is 1. The van der Waals surface area contributed by atoms with Gasteiger partial charge >= 0.3 is 16.4 Å². The van der Waals surface area contributed by atoms with Crippen LogP contribution in [0, 0.1) is 0 Å². The molecule has 0 radical (unpaired) electrons. The first-order valence-electron chi connectivity index (χ1n) is 10.5. The number of benzene rings is 4. The van der Waals surface area contributed by atoms with Crippen molar-refractivity contribution >= 4 is 45.3 Å². The van der Waals surface area contributed by atoms with Gasteiger partial charge in [0.15, 0.2) is 0 Å². The number of para-hydroxylation sites is 2. The van der Waals surface area contributed by atoms with Crippen LogP contribution in [0.3, 0.4) is 0 Å². The summed E-state index contributed by atoms with van der Waals surface area (Å²) in [6.07, 6.45) is 1.73. The van der Waals surface area contributed by atoms with E-state index in [4.69, 9.17) is 22.6 Å². The lowest BCUT2D eigenvalue weighted by Crippen LogP contribution is -2.09. The van der Waals surface area contributed by atoms with Crippen LogP contribution in [0.15, 0.2) is 114 Å². The maximum atomic E-state index is 10.9. The molecule has 36 heavy (non-hydrogen) atoms. The van der Waals surface area contributed by atoms with Crippen molar-refractivity contribution in [2.45, 2.75) is 0 Å². The number of aromatic carboxylic acids is 1. The van der Waals surface area contributed by atoms with Crippen LogP contribution in [-0.2, 0) is 10.4 Å². The summed E-state index contributed by atoms with van der Waals surface area (Å²) in [5.74, 6) is -0.949. The van der Waals surface area contributed by atoms with E-state index in [-0.39, 0.29) is 5.56 Å². The number of hydrogen-bond donors (Lipinski definition) is 4. The zero-order chi connectivity index (χ0) is 26.0. The number of hydrazone groups is 1. The maximum Gasteiger partial charge on any atom is 0.394 e. The summed E-state index contributed by atoms with van der Waals surface area (Å²) in [6, 6.07) is 35.0. The summed E-state index contributed by atoms with van der Waals surface area (Å²) in [6.45, 7) is 0. The van der Waals surface area contributed by atoms with Gasteiger partial charge < -0.3 is 10.0 Å². The number of nitrogens with zero attached hydrogens (tertiary/aromatic N) is 2. The van der Waals surface area contributed by atoms with Gasteiger partial charge in [0.25, 0.3) is 0 Å². The smallest absolute Gasteiger partial charge is 0.394 e. The predicted octanol–water partition coefficient (Wildman–Crippen LogP) is 5.65. The van der Waals surface area contributed by atoms with Crippen LogP contribution in [0.1, 0.15) is 15.9 Å². The third-order valence-electron chi connectivity index (χ3n) is 4.72. The fraction of sp³-hybridized carbons (Fsp3) is 0. The van der Waals surface area contributed by atoms with Gasteiger partial charge in [0.05, 0.1) is 17.5 Å². The minimum Gasteiger partial charge on any atom is -0.478 e. The Morgan fingerprint density at radius 3 is 1.61 bits per heavy atom. The van der Waals surface area contributed by atoms with E-state index < -0.39 is 16.4 Å². The van der Waals surface area contributed by atoms with Crippen molar-refractivity contribution in [3.63, 3.8) is 0 Å². The largest absolute Gasteiger partial charge is 0.478 e. The average Bonchev–Trinajstić information content (AvgIpc) is 2.86. The molecule has 0 fully saturated rings. The summed E-state index contributed by atoms with van der Waals surface area (Å²) in [7, 11) is -4.67. The molecule has 0 amide bonds. The van der Waals surface area contributed by atoms with Gasteiger partial charge in [-0.1, -0.05) is 48.5 Å². The Morgan fingerprint density at radius 2 is 1.17 bits per heavy atom. The Kier molecular flexibility index (Phi) is 8.89. The maximum absolute atomic E-state index is 10.9. The Labute approximate surface area is 208 Å². The van der Waals surface area contributed by atoms with Gasteiger partial charge in [-0.15, -0.1) is 0 Å². The second-order valence-corrected chi connectivity index (χ2v) is 8.19. The second kappa shape index (κ2) is 12.3. The van der Waals surface area contributed by atoms with E-state index in [2.05, 4.69) is 51.8 Å². The van der Waals surface area contributed by atoms with Crippen LogP contribution in [0.5, 0.6) is 0 Å². The molecule has 184 valence electrons. The molecular formula is C26H23N3O6S. The Hall–Kier alpha value is -4.51. The van der Waals surface area contributed by atoms with Crippen LogP contribution in [0.2, 0.25) is 0 Å². The minimum atomic E-state index is -4.67. The van der Waals surface area contributed by atoms with Crippen molar-refractivity contribution in [2.75, 3.05) is 10.3 Å². The molecule has 4 N–H and O–H groups in total. The molecule has 0 saturated heterocycles. The fourth-order valence-corrected chi connectivity index (χ4v) is 3.18. The lowest BCUT2D eigenvalue weighted by molar-refractivity contribution is 0.0697. The number of carboxylic acids is 1. The van der Waals surface area contributed by atoms with Crippen LogP contribution in [0.25, 0.3) is 0 Å². The standard InChI is InChI=1S/C26H21N3O2.H2O4S/c30-26(31)21-13-15-22(16-14-21)28-27-19-20-11-17-25(18-12-20)29(23-7-3-1-4-8-23)24-9-5-2-6-10-24;1-5(2,3)4/h1-19,28H,(H,30,31);(H2,1,2,3,4). The molecule has 0 aliphatic heterocycles. The topological polar surface area (TPSA) is 140 Å². The van der Waals surface area contributed by atoms with Crippen LogP contribution in [-0.4, -0.2) is 34.8 Å². The molecule has 0 aromatic heterocycles. The number of anilines is 4. The highest BCUT2D eigenvalue weighted by Crippen LogP contribution is 2.33. The van der Waals surface area contributed by atoms with Crippen molar-refractivity contribution < 1.29 is 27.4 Å². The van der Waals surface area contributed by atoms with Crippen molar-refractivity contribution in [3.8, 4) is 0 Å². The Bertz CT molecular complexity index is 1350. The van der Waals surface area contributed by atoms with Gasteiger partial charge in [0, 0.05) is 17.1 Å². The number of hydrogen-bond acceptors (Lipinski definition) is 6. The molecule has 0 atom stereocenters. The van der Waals surface area contributed by atoms with E-state index in [0.717, 1.165) is 28.3 Å². The first kappa shape index (κ1) is 26.1. The fourth-order valence-electron chi connectivity index (χ4n) is 3.18. The molecule has 0 bridgehead atoms. The monoisotopic (exact) mass is 505 g/mol. The van der Waals surface area contributed by atoms with Gasteiger partial charge in [-0.25, -0.2) is 4.79 Å². The van der Waals surface area contributed by atoms with E-state index in [1.165, 1.54) is 12.1 Å². The lowest BCUT2D eigenvalue weighted by Gasteiger charge is -2.25. The van der Waals surface area contributed by atoms with E-state index in [0.29, 0.717) is 0 Å². The van der Waals surface area contributed by atoms with Crippen LogP contribution >= 0.6 is 0 Å². The van der Waals surface area contributed by atoms with Gasteiger partial charge in [-0.2, -0.15) is 13.5 Å². The summed E-state index contributed by atoms with van der Waals surface area (Å²) in [4.78, 5) is 13.1. The van der Waals surface area contributed by atoms with Gasteiger partial charge in [0.2, 0.25) is 0 Å². The molecule has 0 aliphatic rings. The SMILES string of the molecule is O=C(O)c1ccc(NN=Cc2ccc(N(c3ccccc3)c3ccccc3)cc2)cc1.O=S(=O)(O)O. The summed E-state index contributed by atoms with van der Waals surface area (Å²) >= 11 is 0. The molecule has 0 heterocycles. The molecule has 4 aromatic rings. The minimum absolute atomic E-state index is 0.242. The number of rotatable bonds is 7. The molecule has 4 rings (SSSR count). The summed E-state index contributed by atoms with van der Waals surface area (Å²) in [5.41, 5.74) is 8.04. The van der Waals surface area contributed by atoms with E-state index in [1.807, 2.05) is 48.5 Å². The van der Waals surface area contributed by atoms with Crippen LogP contribution in [0.4, 0.5) is 22.7 Å². The molecule has 10 heteroatoms. The number of carbonyl (C=O) groups is 1. The predicted molar refractivity (Wildman–Crippen MR) is 140 cm³/mol. The average molecular weight is 506 g/mol. The third-order valence-corrected chi connectivity index (χ3v) is 4.72. The lowest BCUT2D eigenvalue weighted by atomic mass is 10.1. The molecule has 9 nitrogen and oxygen atoms in total. The molecular weight excluding hydrogens is 482 g/mol. The van der Waals surface area contributed by atoms with Crippen molar-refractivity contribution in [2.24, 2.45) is 5.10 Å². The van der Waals surface area contributed by atoms with Crippen molar-refractivity contribution in [1.29, 1.82) is 0 Å². The number of carboxylic acid groups (broad SMARTS) is 1. The normalized spacial score (nSPS) is 10.8. The third kappa shape index (κ3) is 8.37. The molecule has 0 spiro atoms. The van der Waals surface area contributed by atoms with Gasteiger partial charge in [-0.3, -0.25) is 14.5 Å². The van der Waals surface area contributed by atoms with E-state index in [1.54, 1.807) is 18.3 Å². The van der Waals surface area contributed by atoms with E-state index >= 15 is 0 Å². The van der Waals surface area contributed by atoms with Gasteiger partial charge in [0.1, 0.15) is 0 Å².